The van der Waals surface area contributed by atoms with Crippen LogP contribution in [0.2, 0.25) is 0 Å². The number of ether oxygens (including phenoxy) is 3. The SMILES string of the molecule is CC[C@H](CC1CC[C@H](C(C)C)[C@@]1(C)C(CC(C)C1(C)CCC(OCCCN)CC1)OCCCN)OCCCN. The molecule has 0 bridgehead atoms. The molecule has 6 N–H and O–H groups in total. The van der Waals surface area contributed by atoms with Crippen molar-refractivity contribution in [1.29, 1.82) is 0 Å². The molecule has 0 aromatic heterocycles. The van der Waals surface area contributed by atoms with Gasteiger partial charge >= 0.3 is 0 Å². The first kappa shape index (κ1) is 35.0. The molecule has 6 atom stereocenters. The lowest BCUT2D eigenvalue weighted by Crippen LogP contribution is -2.47. The number of nitrogens with two attached hydrogens (primary N) is 3. The molecule has 0 heterocycles. The van der Waals surface area contributed by atoms with Crippen molar-refractivity contribution in [2.24, 2.45) is 51.7 Å². The zero-order valence-electron chi connectivity index (χ0n) is 26.7. The molecule has 0 aromatic rings. The van der Waals surface area contributed by atoms with Crippen molar-refractivity contribution in [3.8, 4) is 0 Å². The van der Waals surface area contributed by atoms with Crippen molar-refractivity contribution in [3.05, 3.63) is 0 Å². The van der Waals surface area contributed by atoms with E-state index in [-0.39, 0.29) is 11.5 Å². The lowest BCUT2D eigenvalue weighted by atomic mass is 9.60. The molecule has 39 heavy (non-hydrogen) atoms. The van der Waals surface area contributed by atoms with Gasteiger partial charge in [0.2, 0.25) is 0 Å². The molecule has 6 nitrogen and oxygen atoms in total. The smallest absolute Gasteiger partial charge is 0.0636 e. The van der Waals surface area contributed by atoms with Gasteiger partial charge in [-0.3, -0.25) is 0 Å². The highest BCUT2D eigenvalue weighted by atomic mass is 16.5. The molecule has 0 spiro atoms. The molecule has 6 heteroatoms. The van der Waals surface area contributed by atoms with Gasteiger partial charge in [-0.25, -0.2) is 0 Å². The Bertz CT molecular complexity index is 640. The van der Waals surface area contributed by atoms with Crippen LogP contribution in [0.25, 0.3) is 0 Å². The average Bonchev–Trinajstić information content (AvgIpc) is 3.25. The Kier molecular flexibility index (Phi) is 15.8. The molecule has 0 aromatic carbocycles. The van der Waals surface area contributed by atoms with E-state index in [0.717, 1.165) is 71.2 Å². The highest BCUT2D eigenvalue weighted by Gasteiger charge is 2.54. The molecule has 232 valence electrons. The van der Waals surface area contributed by atoms with Gasteiger partial charge in [-0.15, -0.1) is 0 Å². The van der Waals surface area contributed by atoms with Crippen LogP contribution in [0.15, 0.2) is 0 Å². The summed E-state index contributed by atoms with van der Waals surface area (Å²) in [6, 6.07) is 0. The van der Waals surface area contributed by atoms with Gasteiger partial charge in [0.15, 0.2) is 0 Å². The summed E-state index contributed by atoms with van der Waals surface area (Å²) in [7, 11) is 0. The maximum atomic E-state index is 6.91. The van der Waals surface area contributed by atoms with Gasteiger partial charge in [0, 0.05) is 19.8 Å². The van der Waals surface area contributed by atoms with Crippen LogP contribution in [-0.2, 0) is 14.2 Å². The Balaban J connectivity index is 2.20. The van der Waals surface area contributed by atoms with E-state index in [1.165, 1.54) is 25.7 Å². The maximum absolute atomic E-state index is 6.91. The Morgan fingerprint density at radius 1 is 0.795 bits per heavy atom. The first-order valence-corrected chi connectivity index (χ1v) is 16.6. The fourth-order valence-electron chi connectivity index (χ4n) is 7.89. The summed E-state index contributed by atoms with van der Waals surface area (Å²) in [5.41, 5.74) is 17.8. The molecule has 2 saturated carbocycles. The Morgan fingerprint density at radius 3 is 1.95 bits per heavy atom. The summed E-state index contributed by atoms with van der Waals surface area (Å²) in [6.07, 6.45) is 14.5. The molecule has 0 radical (unpaired) electrons. The first-order valence-electron chi connectivity index (χ1n) is 16.6. The Hall–Kier alpha value is -0.240. The van der Waals surface area contributed by atoms with Crippen molar-refractivity contribution in [3.63, 3.8) is 0 Å². The normalized spacial score (nSPS) is 32.0. The number of hydrogen-bond donors (Lipinski definition) is 3. The van der Waals surface area contributed by atoms with E-state index in [2.05, 4.69) is 41.5 Å². The van der Waals surface area contributed by atoms with Gasteiger partial charge < -0.3 is 31.4 Å². The largest absolute Gasteiger partial charge is 0.378 e. The number of rotatable bonds is 20. The average molecular weight is 554 g/mol. The highest BCUT2D eigenvalue weighted by Crippen LogP contribution is 2.58. The van der Waals surface area contributed by atoms with Gasteiger partial charge in [-0.2, -0.15) is 0 Å². The molecule has 2 rings (SSSR count). The second-order valence-corrected chi connectivity index (χ2v) is 13.8. The minimum absolute atomic E-state index is 0.139. The highest BCUT2D eigenvalue weighted by molar-refractivity contribution is 5.03. The van der Waals surface area contributed by atoms with Gasteiger partial charge in [0.25, 0.3) is 0 Å². The predicted molar refractivity (Wildman–Crippen MR) is 165 cm³/mol. The van der Waals surface area contributed by atoms with Crippen molar-refractivity contribution in [1.82, 2.24) is 0 Å². The van der Waals surface area contributed by atoms with Crippen LogP contribution >= 0.6 is 0 Å². The Morgan fingerprint density at radius 2 is 1.38 bits per heavy atom. The second kappa shape index (κ2) is 17.7. The van der Waals surface area contributed by atoms with E-state index >= 15 is 0 Å². The van der Waals surface area contributed by atoms with Crippen molar-refractivity contribution in [2.45, 2.75) is 137 Å². The summed E-state index contributed by atoms with van der Waals surface area (Å²) < 4.78 is 19.4. The molecule has 0 amide bonds. The lowest BCUT2D eigenvalue weighted by Gasteiger charge is -2.49. The van der Waals surface area contributed by atoms with E-state index in [0.29, 0.717) is 60.9 Å². The van der Waals surface area contributed by atoms with E-state index < -0.39 is 0 Å². The molecule has 2 aliphatic rings. The molecule has 2 aliphatic carbocycles. The van der Waals surface area contributed by atoms with Crippen LogP contribution in [-0.4, -0.2) is 57.8 Å². The fourth-order valence-corrected chi connectivity index (χ4v) is 7.89. The van der Waals surface area contributed by atoms with E-state index in [1.54, 1.807) is 0 Å². The predicted octanol–water partition coefficient (Wildman–Crippen LogP) is 6.28. The van der Waals surface area contributed by atoms with Crippen molar-refractivity contribution in [2.75, 3.05) is 39.5 Å². The minimum Gasteiger partial charge on any atom is -0.378 e. The van der Waals surface area contributed by atoms with Gasteiger partial charge in [-0.05, 0) is 131 Å². The molecule has 2 fully saturated rings. The first-order chi connectivity index (χ1) is 18.7. The van der Waals surface area contributed by atoms with E-state index in [1.807, 2.05) is 0 Å². The Labute approximate surface area is 242 Å². The molecule has 0 aliphatic heterocycles. The zero-order chi connectivity index (χ0) is 28.9. The van der Waals surface area contributed by atoms with Crippen LogP contribution in [0.1, 0.15) is 119 Å². The van der Waals surface area contributed by atoms with Crippen LogP contribution in [0.5, 0.6) is 0 Å². The molecule has 3 unspecified atom stereocenters. The third-order valence-electron chi connectivity index (χ3n) is 10.9. The monoisotopic (exact) mass is 554 g/mol. The zero-order valence-corrected chi connectivity index (χ0v) is 26.7. The maximum Gasteiger partial charge on any atom is 0.0636 e. The summed E-state index contributed by atoms with van der Waals surface area (Å²) in [4.78, 5) is 0. The third kappa shape index (κ3) is 9.92. The molecule has 0 saturated heterocycles. The number of hydrogen-bond acceptors (Lipinski definition) is 6. The summed E-state index contributed by atoms with van der Waals surface area (Å²) in [6.45, 7) is 19.1. The van der Waals surface area contributed by atoms with Crippen molar-refractivity contribution >= 4 is 0 Å². The third-order valence-corrected chi connectivity index (χ3v) is 10.9. The lowest BCUT2D eigenvalue weighted by molar-refractivity contribution is -0.111. The van der Waals surface area contributed by atoms with Crippen LogP contribution in [0.4, 0.5) is 0 Å². The van der Waals surface area contributed by atoms with Crippen LogP contribution in [0.3, 0.4) is 0 Å². The van der Waals surface area contributed by atoms with Crippen molar-refractivity contribution < 1.29 is 14.2 Å². The molecular formula is C33H67N3O3. The topological polar surface area (TPSA) is 106 Å². The summed E-state index contributed by atoms with van der Waals surface area (Å²) in [5, 5.41) is 0. The quantitative estimate of drug-likeness (QED) is 0.153. The summed E-state index contributed by atoms with van der Waals surface area (Å²) >= 11 is 0. The van der Waals surface area contributed by atoms with Gasteiger partial charge in [0.1, 0.15) is 0 Å². The standard InChI is InChI=1S/C33H67N3O3/c1-7-28(37-20-8-17-34)24-27-11-12-30(25(2)3)33(27,6)31(39-22-10-19-36)23-26(4)32(5)15-13-29(14-16-32)38-21-9-18-35/h25-31H,7-24,34-36H2,1-6H3/t26?,27?,28-,29?,30-,31?,32?,33+/m1/s1. The van der Waals surface area contributed by atoms with Gasteiger partial charge in [-0.1, -0.05) is 41.5 Å². The van der Waals surface area contributed by atoms with E-state index in [9.17, 15) is 0 Å². The van der Waals surface area contributed by atoms with Crippen LogP contribution in [0, 0.1) is 34.5 Å². The van der Waals surface area contributed by atoms with E-state index in [4.69, 9.17) is 31.4 Å². The van der Waals surface area contributed by atoms with Crippen LogP contribution < -0.4 is 17.2 Å². The summed E-state index contributed by atoms with van der Waals surface area (Å²) in [5.74, 6) is 2.52. The second-order valence-electron chi connectivity index (χ2n) is 13.8. The fraction of sp³-hybridized carbons (Fsp3) is 1.00. The molecular weight excluding hydrogens is 486 g/mol. The minimum atomic E-state index is 0.139. The van der Waals surface area contributed by atoms with Gasteiger partial charge in [0.05, 0.1) is 18.3 Å².